The standard InChI is InChI=1S/C16H19N3O3/c1-11(9-12-5-3-2-4-6-12)13(20)19-8-7-16(10-19)14(21)17-15(22)18-16/h2-6,11H,7-10H2,1H3,(H2,17,18,21,22)/t11-,16-/m0/s1. The van der Waals surface area contributed by atoms with Crippen molar-refractivity contribution < 1.29 is 14.4 Å². The minimum absolute atomic E-state index is 0.0228. The first-order chi connectivity index (χ1) is 10.5. The fourth-order valence-electron chi connectivity index (χ4n) is 3.18. The minimum Gasteiger partial charge on any atom is -0.339 e. The van der Waals surface area contributed by atoms with Crippen LogP contribution < -0.4 is 10.6 Å². The number of hydrogen-bond acceptors (Lipinski definition) is 3. The van der Waals surface area contributed by atoms with Gasteiger partial charge in [-0.15, -0.1) is 0 Å². The van der Waals surface area contributed by atoms with Crippen LogP contribution in [0.5, 0.6) is 0 Å². The fraction of sp³-hybridized carbons (Fsp3) is 0.438. The summed E-state index contributed by atoms with van der Waals surface area (Å²) in [6, 6.07) is 9.38. The predicted octanol–water partition coefficient (Wildman–Crippen LogP) is 0.676. The normalized spacial score (nSPS) is 25.2. The molecule has 0 saturated carbocycles. The van der Waals surface area contributed by atoms with Gasteiger partial charge in [0.2, 0.25) is 5.91 Å². The van der Waals surface area contributed by atoms with Gasteiger partial charge in [0.1, 0.15) is 5.54 Å². The van der Waals surface area contributed by atoms with E-state index in [1.165, 1.54) is 0 Å². The summed E-state index contributed by atoms with van der Waals surface area (Å²) in [6.45, 7) is 2.64. The number of nitrogens with one attached hydrogen (secondary N) is 2. The maximum atomic E-state index is 12.6. The lowest BCUT2D eigenvalue weighted by Gasteiger charge is -2.23. The van der Waals surface area contributed by atoms with Crippen LogP contribution in [0, 0.1) is 5.92 Å². The topological polar surface area (TPSA) is 78.5 Å². The molecule has 1 aromatic rings. The van der Waals surface area contributed by atoms with Gasteiger partial charge in [-0.2, -0.15) is 0 Å². The highest BCUT2D eigenvalue weighted by Gasteiger charge is 2.51. The van der Waals surface area contributed by atoms with Crippen molar-refractivity contribution in [3.8, 4) is 0 Å². The van der Waals surface area contributed by atoms with Crippen molar-refractivity contribution in [3.05, 3.63) is 35.9 Å². The number of likely N-dealkylation sites (tertiary alicyclic amines) is 1. The van der Waals surface area contributed by atoms with Gasteiger partial charge in [-0.25, -0.2) is 4.79 Å². The number of urea groups is 1. The van der Waals surface area contributed by atoms with Crippen molar-refractivity contribution in [1.29, 1.82) is 0 Å². The maximum absolute atomic E-state index is 12.6. The quantitative estimate of drug-likeness (QED) is 0.806. The molecule has 6 heteroatoms. The SMILES string of the molecule is C[C@@H](Cc1ccccc1)C(=O)N1CC[C@@]2(C1)NC(=O)NC2=O. The van der Waals surface area contributed by atoms with Crippen LogP contribution in [0.3, 0.4) is 0 Å². The van der Waals surface area contributed by atoms with Crippen LogP contribution in [-0.2, 0) is 16.0 Å². The summed E-state index contributed by atoms with van der Waals surface area (Å²) >= 11 is 0. The molecule has 0 radical (unpaired) electrons. The second-order valence-electron chi connectivity index (χ2n) is 6.09. The summed E-state index contributed by atoms with van der Waals surface area (Å²) in [6.07, 6.45) is 1.14. The van der Waals surface area contributed by atoms with Crippen molar-refractivity contribution in [3.63, 3.8) is 0 Å². The first-order valence-electron chi connectivity index (χ1n) is 7.46. The number of carbonyl (C=O) groups is 3. The lowest BCUT2D eigenvalue weighted by molar-refractivity contribution is -0.134. The van der Waals surface area contributed by atoms with E-state index in [1.54, 1.807) is 4.90 Å². The molecule has 0 unspecified atom stereocenters. The Balaban J connectivity index is 1.64. The Labute approximate surface area is 128 Å². The van der Waals surface area contributed by atoms with Crippen molar-refractivity contribution in [2.24, 2.45) is 5.92 Å². The average molecular weight is 301 g/mol. The number of carbonyl (C=O) groups excluding carboxylic acids is 3. The lowest BCUT2D eigenvalue weighted by atomic mass is 9.98. The highest BCUT2D eigenvalue weighted by atomic mass is 16.2. The van der Waals surface area contributed by atoms with Crippen LogP contribution in [0.25, 0.3) is 0 Å². The van der Waals surface area contributed by atoms with Crippen LogP contribution in [-0.4, -0.2) is 41.4 Å². The summed E-state index contributed by atoms with van der Waals surface area (Å²) in [7, 11) is 0. The van der Waals surface area contributed by atoms with Crippen LogP contribution in [0.4, 0.5) is 4.79 Å². The molecule has 2 aliphatic rings. The third-order valence-electron chi connectivity index (χ3n) is 4.40. The summed E-state index contributed by atoms with van der Waals surface area (Å²) in [5, 5.41) is 4.91. The molecule has 3 rings (SSSR count). The number of hydrogen-bond donors (Lipinski definition) is 2. The largest absolute Gasteiger partial charge is 0.339 e. The second kappa shape index (κ2) is 5.44. The van der Waals surface area contributed by atoms with E-state index in [1.807, 2.05) is 37.3 Å². The predicted molar refractivity (Wildman–Crippen MR) is 79.9 cm³/mol. The van der Waals surface area contributed by atoms with Gasteiger partial charge in [0.15, 0.2) is 0 Å². The highest BCUT2D eigenvalue weighted by molar-refractivity contribution is 6.07. The van der Waals surface area contributed by atoms with Crippen LogP contribution in [0.2, 0.25) is 0 Å². The number of imide groups is 1. The summed E-state index contributed by atoms with van der Waals surface area (Å²) < 4.78 is 0. The molecular formula is C16H19N3O3. The van der Waals surface area contributed by atoms with Crippen molar-refractivity contribution >= 4 is 17.8 Å². The Morgan fingerprint density at radius 3 is 2.68 bits per heavy atom. The first-order valence-corrected chi connectivity index (χ1v) is 7.46. The monoisotopic (exact) mass is 301 g/mol. The van der Waals surface area contributed by atoms with E-state index in [2.05, 4.69) is 10.6 Å². The molecule has 6 nitrogen and oxygen atoms in total. The minimum atomic E-state index is -0.931. The molecule has 1 aromatic carbocycles. The molecule has 0 aromatic heterocycles. The zero-order chi connectivity index (χ0) is 15.7. The Morgan fingerprint density at radius 2 is 2.05 bits per heavy atom. The highest BCUT2D eigenvalue weighted by Crippen LogP contribution is 2.26. The smallest absolute Gasteiger partial charge is 0.322 e. The zero-order valence-corrected chi connectivity index (χ0v) is 12.5. The van der Waals surface area contributed by atoms with E-state index in [0.717, 1.165) is 5.56 Å². The molecule has 2 aliphatic heterocycles. The van der Waals surface area contributed by atoms with E-state index in [9.17, 15) is 14.4 Å². The van der Waals surface area contributed by atoms with Gasteiger partial charge in [-0.3, -0.25) is 14.9 Å². The number of amides is 4. The molecule has 2 heterocycles. The maximum Gasteiger partial charge on any atom is 0.322 e. The third kappa shape index (κ3) is 2.56. The van der Waals surface area contributed by atoms with E-state index >= 15 is 0 Å². The van der Waals surface area contributed by atoms with Crippen LogP contribution >= 0.6 is 0 Å². The van der Waals surface area contributed by atoms with Gasteiger partial charge in [0, 0.05) is 12.5 Å². The van der Waals surface area contributed by atoms with Gasteiger partial charge in [0.25, 0.3) is 5.91 Å². The summed E-state index contributed by atoms with van der Waals surface area (Å²) in [5.74, 6) is -0.462. The summed E-state index contributed by atoms with van der Waals surface area (Å²) in [5.41, 5.74) is 0.184. The molecule has 0 aliphatic carbocycles. The third-order valence-corrected chi connectivity index (χ3v) is 4.40. The van der Waals surface area contributed by atoms with E-state index in [0.29, 0.717) is 19.4 Å². The van der Waals surface area contributed by atoms with E-state index in [4.69, 9.17) is 0 Å². The molecule has 22 heavy (non-hydrogen) atoms. The van der Waals surface area contributed by atoms with E-state index in [-0.39, 0.29) is 24.3 Å². The van der Waals surface area contributed by atoms with Gasteiger partial charge < -0.3 is 10.2 Å². The van der Waals surface area contributed by atoms with Gasteiger partial charge in [0.05, 0.1) is 6.54 Å². The molecule has 4 amide bonds. The Morgan fingerprint density at radius 1 is 1.32 bits per heavy atom. The van der Waals surface area contributed by atoms with Crippen molar-refractivity contribution in [2.45, 2.75) is 25.3 Å². The molecular weight excluding hydrogens is 282 g/mol. The van der Waals surface area contributed by atoms with Gasteiger partial charge in [-0.1, -0.05) is 37.3 Å². The Kier molecular flexibility index (Phi) is 3.60. The number of nitrogens with zero attached hydrogens (tertiary/aromatic N) is 1. The molecule has 2 fully saturated rings. The number of benzene rings is 1. The van der Waals surface area contributed by atoms with Crippen LogP contribution in [0.15, 0.2) is 30.3 Å². The molecule has 116 valence electrons. The molecule has 2 atom stereocenters. The van der Waals surface area contributed by atoms with Crippen molar-refractivity contribution in [1.82, 2.24) is 15.5 Å². The van der Waals surface area contributed by atoms with Crippen LogP contribution in [0.1, 0.15) is 18.9 Å². The Hall–Kier alpha value is -2.37. The molecule has 2 N–H and O–H groups in total. The first kappa shape index (κ1) is 14.6. The molecule has 0 bridgehead atoms. The zero-order valence-electron chi connectivity index (χ0n) is 12.5. The average Bonchev–Trinajstić information content (AvgIpc) is 3.03. The van der Waals surface area contributed by atoms with Gasteiger partial charge in [-0.05, 0) is 18.4 Å². The van der Waals surface area contributed by atoms with Crippen molar-refractivity contribution in [2.75, 3.05) is 13.1 Å². The van der Waals surface area contributed by atoms with E-state index < -0.39 is 11.6 Å². The fourth-order valence-corrected chi connectivity index (χ4v) is 3.18. The molecule has 2 saturated heterocycles. The lowest BCUT2D eigenvalue weighted by Crippen LogP contribution is -2.50. The van der Waals surface area contributed by atoms with Gasteiger partial charge >= 0.3 is 6.03 Å². The second-order valence-corrected chi connectivity index (χ2v) is 6.09. The molecule has 1 spiro atoms. The Bertz CT molecular complexity index is 616. The number of rotatable bonds is 3. The summed E-state index contributed by atoms with van der Waals surface area (Å²) in [4.78, 5) is 37.5.